The van der Waals surface area contributed by atoms with E-state index in [1.807, 2.05) is 25.2 Å². The first kappa shape index (κ1) is 24.1. The standard InChI is InChI=1S/C18H18Cl3N5OS.ClH/c1-26-18(23-24-25-26)28-7-6-22-10-13-8-14(19)4-5-17(13)27-11-12-2-3-15(20)9-16(12)21;/h2-5,8-9,22H,6-7,10-11H2,1H3;1H. The van der Waals surface area contributed by atoms with Crippen molar-refractivity contribution in [1.82, 2.24) is 25.5 Å². The van der Waals surface area contributed by atoms with E-state index in [0.29, 0.717) is 28.2 Å². The third kappa shape index (κ3) is 7.20. The summed E-state index contributed by atoms with van der Waals surface area (Å²) in [6, 6.07) is 10.9. The number of halogens is 4. The van der Waals surface area contributed by atoms with Crippen molar-refractivity contribution in [3.05, 3.63) is 62.6 Å². The molecule has 1 N–H and O–H groups in total. The van der Waals surface area contributed by atoms with Gasteiger partial charge in [-0.3, -0.25) is 0 Å². The highest BCUT2D eigenvalue weighted by molar-refractivity contribution is 7.99. The molecule has 3 rings (SSSR count). The molecular formula is C18H19Cl4N5OS. The Morgan fingerprint density at radius 1 is 1.07 bits per heavy atom. The van der Waals surface area contributed by atoms with Crippen LogP contribution in [-0.2, 0) is 20.2 Å². The number of ether oxygens (including phenoxy) is 1. The normalized spacial score (nSPS) is 10.6. The first-order valence-electron chi connectivity index (χ1n) is 8.44. The van der Waals surface area contributed by atoms with Gasteiger partial charge < -0.3 is 10.1 Å². The van der Waals surface area contributed by atoms with Crippen LogP contribution in [0.25, 0.3) is 0 Å². The monoisotopic (exact) mass is 493 g/mol. The average Bonchev–Trinajstić information content (AvgIpc) is 3.07. The van der Waals surface area contributed by atoms with Gasteiger partial charge >= 0.3 is 0 Å². The quantitative estimate of drug-likeness (QED) is 0.331. The van der Waals surface area contributed by atoms with E-state index in [1.54, 1.807) is 34.6 Å². The first-order valence-corrected chi connectivity index (χ1v) is 10.6. The Labute approximate surface area is 194 Å². The molecule has 11 heteroatoms. The smallest absolute Gasteiger partial charge is 0.209 e. The maximum absolute atomic E-state index is 6.22. The summed E-state index contributed by atoms with van der Waals surface area (Å²) < 4.78 is 7.62. The van der Waals surface area contributed by atoms with Gasteiger partial charge in [0.15, 0.2) is 0 Å². The van der Waals surface area contributed by atoms with E-state index in [1.165, 1.54) is 0 Å². The molecule has 0 saturated heterocycles. The fourth-order valence-corrected chi connectivity index (χ4v) is 3.81. The van der Waals surface area contributed by atoms with E-state index < -0.39 is 0 Å². The molecule has 0 aliphatic carbocycles. The number of benzene rings is 2. The van der Waals surface area contributed by atoms with Gasteiger partial charge in [0.05, 0.1) is 0 Å². The summed E-state index contributed by atoms with van der Waals surface area (Å²) in [5.74, 6) is 1.60. The number of thioether (sulfide) groups is 1. The molecule has 0 fully saturated rings. The Morgan fingerprint density at radius 3 is 2.55 bits per heavy atom. The average molecular weight is 495 g/mol. The number of aromatic nitrogens is 4. The molecule has 0 saturated carbocycles. The fourth-order valence-electron chi connectivity index (χ4n) is 2.40. The minimum Gasteiger partial charge on any atom is -0.489 e. The van der Waals surface area contributed by atoms with Gasteiger partial charge in [-0.25, -0.2) is 4.68 Å². The lowest BCUT2D eigenvalue weighted by atomic mass is 10.2. The zero-order chi connectivity index (χ0) is 19.9. The van der Waals surface area contributed by atoms with E-state index in [4.69, 9.17) is 39.5 Å². The summed E-state index contributed by atoms with van der Waals surface area (Å²) in [6.45, 7) is 1.76. The van der Waals surface area contributed by atoms with Crippen molar-refractivity contribution in [2.45, 2.75) is 18.3 Å². The van der Waals surface area contributed by atoms with Crippen molar-refractivity contribution in [1.29, 1.82) is 0 Å². The lowest BCUT2D eigenvalue weighted by molar-refractivity contribution is 0.302. The predicted molar refractivity (Wildman–Crippen MR) is 121 cm³/mol. The maximum Gasteiger partial charge on any atom is 0.209 e. The van der Waals surface area contributed by atoms with Crippen molar-refractivity contribution < 1.29 is 4.74 Å². The molecule has 6 nitrogen and oxygen atoms in total. The second-order valence-corrected chi connectivity index (χ2v) is 8.23. The molecule has 29 heavy (non-hydrogen) atoms. The Morgan fingerprint density at radius 2 is 1.83 bits per heavy atom. The second-order valence-electron chi connectivity index (χ2n) is 5.89. The van der Waals surface area contributed by atoms with Gasteiger partial charge in [0.1, 0.15) is 12.4 Å². The fraction of sp³-hybridized carbons (Fsp3) is 0.278. The van der Waals surface area contributed by atoms with Crippen molar-refractivity contribution in [3.8, 4) is 5.75 Å². The number of hydrogen-bond donors (Lipinski definition) is 1. The zero-order valence-electron chi connectivity index (χ0n) is 15.4. The third-order valence-electron chi connectivity index (χ3n) is 3.83. The summed E-state index contributed by atoms with van der Waals surface area (Å²) in [5.41, 5.74) is 1.84. The molecule has 2 aromatic carbocycles. The van der Waals surface area contributed by atoms with E-state index in [9.17, 15) is 0 Å². The first-order chi connectivity index (χ1) is 13.5. The summed E-state index contributed by atoms with van der Waals surface area (Å²) >= 11 is 19.9. The van der Waals surface area contributed by atoms with Gasteiger partial charge in [0.25, 0.3) is 0 Å². The molecule has 0 amide bonds. The van der Waals surface area contributed by atoms with E-state index in [0.717, 1.165) is 34.3 Å². The van der Waals surface area contributed by atoms with Gasteiger partial charge in [-0.1, -0.05) is 52.6 Å². The molecule has 1 aromatic heterocycles. The molecule has 156 valence electrons. The van der Waals surface area contributed by atoms with E-state index >= 15 is 0 Å². The number of nitrogens with one attached hydrogen (secondary N) is 1. The Bertz CT molecular complexity index is 940. The van der Waals surface area contributed by atoms with Crippen molar-refractivity contribution in [2.75, 3.05) is 12.3 Å². The Balaban J connectivity index is 0.00000300. The van der Waals surface area contributed by atoms with Gasteiger partial charge in [-0.2, -0.15) is 0 Å². The van der Waals surface area contributed by atoms with Crippen LogP contribution in [0.1, 0.15) is 11.1 Å². The van der Waals surface area contributed by atoms with Crippen LogP contribution in [-0.4, -0.2) is 32.5 Å². The highest BCUT2D eigenvalue weighted by Crippen LogP contribution is 2.26. The molecule has 1 heterocycles. The lowest BCUT2D eigenvalue weighted by Crippen LogP contribution is -2.17. The lowest BCUT2D eigenvalue weighted by Gasteiger charge is -2.13. The molecule has 0 unspecified atom stereocenters. The third-order valence-corrected chi connectivity index (χ3v) is 5.66. The largest absolute Gasteiger partial charge is 0.489 e. The van der Waals surface area contributed by atoms with Crippen LogP contribution in [0.3, 0.4) is 0 Å². The van der Waals surface area contributed by atoms with E-state index in [-0.39, 0.29) is 12.4 Å². The van der Waals surface area contributed by atoms with Crippen LogP contribution in [0.5, 0.6) is 5.75 Å². The van der Waals surface area contributed by atoms with Gasteiger partial charge in [0.2, 0.25) is 5.16 Å². The topological polar surface area (TPSA) is 64.9 Å². The molecular weight excluding hydrogens is 476 g/mol. The number of rotatable bonds is 9. The minimum absolute atomic E-state index is 0. The number of tetrazole rings is 1. The van der Waals surface area contributed by atoms with Crippen LogP contribution in [0.15, 0.2) is 41.6 Å². The van der Waals surface area contributed by atoms with Crippen molar-refractivity contribution >= 4 is 59.0 Å². The minimum atomic E-state index is 0. The van der Waals surface area contributed by atoms with Crippen molar-refractivity contribution in [2.24, 2.45) is 7.05 Å². The maximum atomic E-state index is 6.22. The van der Waals surface area contributed by atoms with Crippen LogP contribution in [0, 0.1) is 0 Å². The predicted octanol–water partition coefficient (Wildman–Crippen LogP) is 5.05. The van der Waals surface area contributed by atoms with Crippen LogP contribution >= 0.6 is 59.0 Å². The molecule has 0 spiro atoms. The molecule has 0 aliphatic heterocycles. The van der Waals surface area contributed by atoms with Crippen LogP contribution in [0.2, 0.25) is 15.1 Å². The summed E-state index contributed by atoms with van der Waals surface area (Å²) in [5, 5.41) is 17.4. The van der Waals surface area contributed by atoms with Gasteiger partial charge in [-0.05, 0) is 40.8 Å². The van der Waals surface area contributed by atoms with Crippen LogP contribution < -0.4 is 10.1 Å². The van der Waals surface area contributed by atoms with Crippen molar-refractivity contribution in [3.63, 3.8) is 0 Å². The SMILES string of the molecule is Cl.Cn1nnnc1SCCNCc1cc(Cl)ccc1OCc1ccc(Cl)cc1Cl. The molecule has 3 aromatic rings. The van der Waals surface area contributed by atoms with Gasteiger partial charge in [0, 0.05) is 52.1 Å². The highest BCUT2D eigenvalue weighted by Gasteiger charge is 2.08. The molecule has 0 atom stereocenters. The molecule has 0 aliphatic rings. The summed E-state index contributed by atoms with van der Waals surface area (Å²) in [6.07, 6.45) is 0. The molecule has 0 radical (unpaired) electrons. The zero-order valence-corrected chi connectivity index (χ0v) is 19.3. The number of hydrogen-bond acceptors (Lipinski definition) is 6. The number of aryl methyl sites for hydroxylation is 1. The Hall–Kier alpha value is -1.22. The summed E-state index contributed by atoms with van der Waals surface area (Å²) in [7, 11) is 1.82. The molecule has 0 bridgehead atoms. The second kappa shape index (κ2) is 11.8. The highest BCUT2D eigenvalue weighted by atomic mass is 35.5. The summed E-state index contributed by atoms with van der Waals surface area (Å²) in [4.78, 5) is 0. The van der Waals surface area contributed by atoms with E-state index in [2.05, 4.69) is 20.8 Å². The van der Waals surface area contributed by atoms with Crippen LogP contribution in [0.4, 0.5) is 0 Å². The Kier molecular flexibility index (Phi) is 9.82. The van der Waals surface area contributed by atoms with Gasteiger partial charge in [-0.15, -0.1) is 17.5 Å². The number of nitrogens with zero attached hydrogens (tertiary/aromatic N) is 4.